The highest BCUT2D eigenvalue weighted by Gasteiger charge is 2.31. The van der Waals surface area contributed by atoms with Crippen LogP contribution in [0.4, 0.5) is 4.39 Å². The highest BCUT2D eigenvalue weighted by molar-refractivity contribution is 5.88. The number of benzene rings is 2. The standard InChI is InChI=1S/C28H37FN2O3/c1-5-25(27(33)30-23-8-6-7-9-23)31(18-20-10-14-22(29)15-11-20)26(32)19-34-24-16-12-21(13-17-24)28(2,3)4/h10-17,23,25H,5-9,18-19H2,1-4H3,(H,30,33)/t25-/m0/s1. The minimum Gasteiger partial charge on any atom is -0.484 e. The average Bonchev–Trinajstić information content (AvgIpc) is 3.31. The van der Waals surface area contributed by atoms with Crippen LogP contribution in [0.25, 0.3) is 0 Å². The van der Waals surface area contributed by atoms with E-state index in [2.05, 4.69) is 26.1 Å². The highest BCUT2D eigenvalue weighted by Crippen LogP contribution is 2.24. The lowest BCUT2D eigenvalue weighted by atomic mass is 9.87. The lowest BCUT2D eigenvalue weighted by Crippen LogP contribution is -2.52. The van der Waals surface area contributed by atoms with Gasteiger partial charge in [0.05, 0.1) is 0 Å². The minimum absolute atomic E-state index is 0.0291. The van der Waals surface area contributed by atoms with Crippen LogP contribution in [-0.4, -0.2) is 35.4 Å². The third-order valence-corrected chi connectivity index (χ3v) is 6.44. The molecule has 2 aromatic carbocycles. The monoisotopic (exact) mass is 468 g/mol. The largest absolute Gasteiger partial charge is 0.484 e. The van der Waals surface area contributed by atoms with Crippen LogP contribution >= 0.6 is 0 Å². The molecule has 1 saturated carbocycles. The fourth-order valence-electron chi connectivity index (χ4n) is 4.35. The van der Waals surface area contributed by atoms with E-state index >= 15 is 0 Å². The summed E-state index contributed by atoms with van der Waals surface area (Å²) in [5.74, 6) is -0.154. The van der Waals surface area contributed by atoms with Crippen molar-refractivity contribution in [3.63, 3.8) is 0 Å². The number of nitrogens with one attached hydrogen (secondary N) is 1. The number of hydrogen-bond acceptors (Lipinski definition) is 3. The average molecular weight is 469 g/mol. The molecule has 2 amide bonds. The first-order chi connectivity index (χ1) is 16.2. The normalized spacial score (nSPS) is 15.1. The molecule has 3 rings (SSSR count). The maximum atomic E-state index is 13.4. The fourth-order valence-corrected chi connectivity index (χ4v) is 4.35. The molecule has 0 aromatic heterocycles. The van der Waals surface area contributed by atoms with Gasteiger partial charge >= 0.3 is 0 Å². The zero-order chi connectivity index (χ0) is 24.7. The number of carbonyl (C=O) groups is 2. The number of rotatable bonds is 9. The predicted octanol–water partition coefficient (Wildman–Crippen LogP) is 5.37. The molecule has 6 heteroatoms. The summed E-state index contributed by atoms with van der Waals surface area (Å²) in [6, 6.07) is 13.3. The fraction of sp³-hybridized carbons (Fsp3) is 0.500. The van der Waals surface area contributed by atoms with E-state index in [9.17, 15) is 14.0 Å². The molecule has 1 N–H and O–H groups in total. The summed E-state index contributed by atoms with van der Waals surface area (Å²) in [4.78, 5) is 28.0. The number of carbonyl (C=O) groups excluding carboxylic acids is 2. The van der Waals surface area contributed by atoms with Gasteiger partial charge in [-0.1, -0.05) is 64.8 Å². The third kappa shape index (κ3) is 7.05. The number of ether oxygens (including phenoxy) is 1. The van der Waals surface area contributed by atoms with Gasteiger partial charge in [0.25, 0.3) is 5.91 Å². The Bertz CT molecular complexity index is 945. The van der Waals surface area contributed by atoms with Gasteiger partial charge in [0.1, 0.15) is 17.6 Å². The van der Waals surface area contributed by atoms with Crippen molar-refractivity contribution in [3.05, 3.63) is 65.5 Å². The van der Waals surface area contributed by atoms with Crippen molar-refractivity contribution >= 4 is 11.8 Å². The van der Waals surface area contributed by atoms with Crippen molar-refractivity contribution in [1.82, 2.24) is 10.2 Å². The van der Waals surface area contributed by atoms with Crippen molar-refractivity contribution in [1.29, 1.82) is 0 Å². The molecule has 1 aliphatic carbocycles. The molecule has 0 bridgehead atoms. The van der Waals surface area contributed by atoms with E-state index in [0.717, 1.165) is 31.2 Å². The summed E-state index contributed by atoms with van der Waals surface area (Å²) < 4.78 is 19.2. The SMILES string of the molecule is CC[C@@H](C(=O)NC1CCCC1)N(Cc1ccc(F)cc1)C(=O)COc1ccc(C(C)(C)C)cc1. The molecular weight excluding hydrogens is 431 g/mol. The van der Waals surface area contributed by atoms with E-state index in [1.54, 1.807) is 17.0 Å². The van der Waals surface area contributed by atoms with Gasteiger partial charge in [-0.3, -0.25) is 9.59 Å². The number of halogens is 1. The Morgan fingerprint density at radius 3 is 2.24 bits per heavy atom. The van der Waals surface area contributed by atoms with Crippen LogP contribution in [0.5, 0.6) is 5.75 Å². The van der Waals surface area contributed by atoms with Crippen LogP contribution in [0, 0.1) is 5.82 Å². The molecule has 1 aliphatic rings. The zero-order valence-corrected chi connectivity index (χ0v) is 20.8. The molecule has 34 heavy (non-hydrogen) atoms. The Labute approximate surface area is 202 Å². The van der Waals surface area contributed by atoms with Crippen molar-refractivity contribution < 1.29 is 18.7 Å². The second-order valence-corrected chi connectivity index (χ2v) is 10.1. The second-order valence-electron chi connectivity index (χ2n) is 10.1. The molecule has 1 atom stereocenters. The maximum absolute atomic E-state index is 13.4. The summed E-state index contributed by atoms with van der Waals surface area (Å²) >= 11 is 0. The van der Waals surface area contributed by atoms with Gasteiger partial charge < -0.3 is 15.0 Å². The second kappa shape index (κ2) is 11.5. The van der Waals surface area contributed by atoms with Crippen LogP contribution in [0.1, 0.15) is 70.9 Å². The summed E-state index contributed by atoms with van der Waals surface area (Å²) in [5, 5.41) is 3.12. The summed E-state index contributed by atoms with van der Waals surface area (Å²) in [6.45, 7) is 8.35. The molecule has 0 spiro atoms. The highest BCUT2D eigenvalue weighted by atomic mass is 19.1. The van der Waals surface area contributed by atoms with Crippen molar-refractivity contribution in [2.45, 2.75) is 83.8 Å². The van der Waals surface area contributed by atoms with Gasteiger partial charge in [0.15, 0.2) is 6.61 Å². The quantitative estimate of drug-likeness (QED) is 0.538. The third-order valence-electron chi connectivity index (χ3n) is 6.44. The van der Waals surface area contributed by atoms with Crippen molar-refractivity contribution in [2.75, 3.05) is 6.61 Å². The molecule has 0 radical (unpaired) electrons. The van der Waals surface area contributed by atoms with Crippen LogP contribution in [-0.2, 0) is 21.5 Å². The molecule has 0 heterocycles. The first-order valence-electron chi connectivity index (χ1n) is 12.2. The Balaban J connectivity index is 1.73. The van der Waals surface area contributed by atoms with E-state index in [1.807, 2.05) is 31.2 Å². The Morgan fingerprint density at radius 1 is 1.06 bits per heavy atom. The van der Waals surface area contributed by atoms with Crippen LogP contribution in [0.2, 0.25) is 0 Å². The number of nitrogens with zero attached hydrogens (tertiary/aromatic N) is 1. The molecule has 1 fully saturated rings. The van der Waals surface area contributed by atoms with E-state index in [1.165, 1.54) is 17.7 Å². The van der Waals surface area contributed by atoms with Crippen LogP contribution < -0.4 is 10.1 Å². The topological polar surface area (TPSA) is 58.6 Å². The van der Waals surface area contributed by atoms with Crippen LogP contribution in [0.3, 0.4) is 0 Å². The van der Waals surface area contributed by atoms with Crippen LogP contribution in [0.15, 0.2) is 48.5 Å². The minimum atomic E-state index is -0.620. The molecule has 0 saturated heterocycles. The first kappa shape index (κ1) is 25.7. The van der Waals surface area contributed by atoms with Gasteiger partial charge in [-0.15, -0.1) is 0 Å². The van der Waals surface area contributed by atoms with Crippen molar-refractivity contribution in [3.8, 4) is 5.75 Å². The lowest BCUT2D eigenvalue weighted by Gasteiger charge is -2.31. The van der Waals surface area contributed by atoms with Crippen molar-refractivity contribution in [2.24, 2.45) is 0 Å². The Kier molecular flexibility index (Phi) is 8.70. The molecule has 0 unspecified atom stereocenters. The molecule has 2 aromatic rings. The lowest BCUT2D eigenvalue weighted by molar-refractivity contribution is -0.143. The van der Waals surface area contributed by atoms with Gasteiger partial charge in [-0.05, 0) is 60.1 Å². The first-order valence-corrected chi connectivity index (χ1v) is 12.2. The van der Waals surface area contributed by atoms with E-state index in [0.29, 0.717) is 12.2 Å². The van der Waals surface area contributed by atoms with E-state index in [4.69, 9.17) is 4.74 Å². The number of hydrogen-bond donors (Lipinski definition) is 1. The Morgan fingerprint density at radius 2 is 1.68 bits per heavy atom. The predicted molar refractivity (Wildman–Crippen MR) is 132 cm³/mol. The van der Waals surface area contributed by atoms with Gasteiger partial charge in [0.2, 0.25) is 5.91 Å². The van der Waals surface area contributed by atoms with Gasteiger partial charge in [-0.2, -0.15) is 0 Å². The smallest absolute Gasteiger partial charge is 0.261 e. The molecule has 5 nitrogen and oxygen atoms in total. The van der Waals surface area contributed by atoms with Gasteiger partial charge in [-0.25, -0.2) is 4.39 Å². The molecule has 0 aliphatic heterocycles. The molecule has 184 valence electrons. The van der Waals surface area contributed by atoms with E-state index in [-0.39, 0.29) is 42.2 Å². The van der Waals surface area contributed by atoms with Gasteiger partial charge in [0, 0.05) is 12.6 Å². The molecular formula is C28H37FN2O3. The zero-order valence-electron chi connectivity index (χ0n) is 20.8. The summed E-state index contributed by atoms with van der Waals surface area (Å²) in [6.07, 6.45) is 4.65. The maximum Gasteiger partial charge on any atom is 0.261 e. The Hall–Kier alpha value is -2.89. The summed E-state index contributed by atoms with van der Waals surface area (Å²) in [5.41, 5.74) is 1.97. The van der Waals surface area contributed by atoms with E-state index < -0.39 is 6.04 Å². The number of amides is 2. The summed E-state index contributed by atoms with van der Waals surface area (Å²) in [7, 11) is 0.